The van der Waals surface area contributed by atoms with Gasteiger partial charge in [0.1, 0.15) is 16.5 Å². The van der Waals surface area contributed by atoms with E-state index in [9.17, 15) is 4.79 Å². The fraction of sp³-hybridized carbons (Fsp3) is 0.368. The molecule has 0 saturated heterocycles. The zero-order chi connectivity index (χ0) is 16.3. The number of ether oxygens (including phenoxy) is 1. The van der Waals surface area contributed by atoms with E-state index in [4.69, 9.17) is 10.00 Å². The number of benzene rings is 1. The SMILES string of the molecule is N#Cc1cc(N2C(=O)OC(C3CC3)(C3CC3)c3ccccc32)cs1. The Labute approximate surface area is 144 Å². The van der Waals surface area contributed by atoms with Crippen LogP contribution in [0.2, 0.25) is 0 Å². The Kier molecular flexibility index (Phi) is 2.84. The molecule has 3 aliphatic rings. The number of anilines is 2. The second kappa shape index (κ2) is 4.84. The van der Waals surface area contributed by atoms with Gasteiger partial charge in [-0.1, -0.05) is 18.2 Å². The van der Waals surface area contributed by atoms with Crippen LogP contribution in [0.3, 0.4) is 0 Å². The van der Waals surface area contributed by atoms with Crippen molar-refractivity contribution in [3.63, 3.8) is 0 Å². The van der Waals surface area contributed by atoms with Gasteiger partial charge in [0.15, 0.2) is 0 Å². The van der Waals surface area contributed by atoms with Crippen LogP contribution < -0.4 is 4.90 Å². The molecule has 1 amide bonds. The first-order valence-corrected chi connectivity index (χ1v) is 9.23. The fourth-order valence-electron chi connectivity index (χ4n) is 4.05. The predicted molar refractivity (Wildman–Crippen MR) is 91.2 cm³/mol. The highest BCUT2D eigenvalue weighted by Gasteiger charge is 2.61. The minimum absolute atomic E-state index is 0.310. The van der Waals surface area contributed by atoms with Crippen LogP contribution in [-0.2, 0) is 10.3 Å². The molecule has 2 fully saturated rings. The van der Waals surface area contributed by atoms with Gasteiger partial charge in [-0.15, -0.1) is 11.3 Å². The summed E-state index contributed by atoms with van der Waals surface area (Å²) < 4.78 is 6.17. The second-order valence-corrected chi connectivity index (χ2v) is 7.75. The molecule has 2 saturated carbocycles. The Morgan fingerprint density at radius 3 is 2.54 bits per heavy atom. The molecule has 0 bridgehead atoms. The van der Waals surface area contributed by atoms with Crippen LogP contribution in [0.25, 0.3) is 0 Å². The summed E-state index contributed by atoms with van der Waals surface area (Å²) in [5.74, 6) is 0.906. The molecule has 1 aromatic carbocycles. The van der Waals surface area contributed by atoms with Crippen LogP contribution in [0.1, 0.15) is 36.1 Å². The maximum Gasteiger partial charge on any atom is 0.419 e. The average molecular weight is 336 g/mol. The van der Waals surface area contributed by atoms with E-state index in [2.05, 4.69) is 12.1 Å². The Bertz CT molecular complexity index is 861. The molecule has 2 heterocycles. The summed E-state index contributed by atoms with van der Waals surface area (Å²) in [6.45, 7) is 0. The van der Waals surface area contributed by atoms with E-state index in [1.807, 2.05) is 23.6 Å². The van der Waals surface area contributed by atoms with Gasteiger partial charge in [-0.3, -0.25) is 0 Å². The topological polar surface area (TPSA) is 53.3 Å². The van der Waals surface area contributed by atoms with Crippen molar-refractivity contribution in [2.45, 2.75) is 31.3 Å². The molecule has 1 aromatic heterocycles. The summed E-state index contributed by atoms with van der Waals surface area (Å²) in [4.78, 5) is 15.2. The average Bonchev–Trinajstić information content (AvgIpc) is 3.51. The lowest BCUT2D eigenvalue weighted by atomic mass is 9.81. The second-order valence-electron chi connectivity index (χ2n) is 6.84. The number of hydrogen-bond donors (Lipinski definition) is 0. The largest absolute Gasteiger partial charge is 0.437 e. The maximum absolute atomic E-state index is 13.0. The van der Waals surface area contributed by atoms with E-state index in [0.717, 1.165) is 36.9 Å². The number of carbonyl (C=O) groups is 1. The summed E-state index contributed by atoms with van der Waals surface area (Å²) in [7, 11) is 0. The summed E-state index contributed by atoms with van der Waals surface area (Å²) in [5, 5.41) is 10.9. The number of para-hydroxylation sites is 1. The van der Waals surface area contributed by atoms with Crippen LogP contribution in [0.5, 0.6) is 0 Å². The molecule has 0 unspecified atom stereocenters. The van der Waals surface area contributed by atoms with Gasteiger partial charge in [-0.05, 0) is 37.8 Å². The van der Waals surface area contributed by atoms with Gasteiger partial charge < -0.3 is 4.74 Å². The van der Waals surface area contributed by atoms with E-state index in [0.29, 0.717) is 22.4 Å². The van der Waals surface area contributed by atoms with Crippen LogP contribution in [0.15, 0.2) is 35.7 Å². The number of thiophene rings is 1. The number of cyclic esters (lactones) is 1. The molecule has 24 heavy (non-hydrogen) atoms. The number of nitrogens with zero attached hydrogens (tertiary/aromatic N) is 2. The van der Waals surface area contributed by atoms with E-state index in [1.165, 1.54) is 11.3 Å². The Morgan fingerprint density at radius 2 is 1.92 bits per heavy atom. The molecule has 5 heteroatoms. The Morgan fingerprint density at radius 1 is 1.21 bits per heavy atom. The lowest BCUT2D eigenvalue weighted by Gasteiger charge is -2.43. The smallest absolute Gasteiger partial charge is 0.419 e. The molecule has 2 aromatic rings. The minimum Gasteiger partial charge on any atom is -0.437 e. The molecule has 120 valence electrons. The lowest BCUT2D eigenvalue weighted by Crippen LogP contribution is -2.46. The molecule has 4 nitrogen and oxygen atoms in total. The van der Waals surface area contributed by atoms with Gasteiger partial charge in [0.2, 0.25) is 0 Å². The highest BCUT2D eigenvalue weighted by atomic mass is 32.1. The van der Waals surface area contributed by atoms with Crippen molar-refractivity contribution in [2.75, 3.05) is 4.90 Å². The van der Waals surface area contributed by atoms with Gasteiger partial charge in [0.25, 0.3) is 0 Å². The van der Waals surface area contributed by atoms with Crippen molar-refractivity contribution in [1.29, 1.82) is 5.26 Å². The number of carbonyl (C=O) groups excluding carboxylic acids is 1. The van der Waals surface area contributed by atoms with Gasteiger partial charge in [-0.2, -0.15) is 5.26 Å². The molecule has 0 N–H and O–H groups in total. The third-order valence-electron chi connectivity index (χ3n) is 5.33. The highest BCUT2D eigenvalue weighted by Crippen LogP contribution is 2.63. The van der Waals surface area contributed by atoms with Crippen molar-refractivity contribution >= 4 is 28.8 Å². The van der Waals surface area contributed by atoms with Gasteiger partial charge >= 0.3 is 6.09 Å². The number of rotatable bonds is 3. The normalized spacial score (nSPS) is 21.8. The summed E-state index contributed by atoms with van der Waals surface area (Å²) in [6, 6.07) is 12.0. The number of hydrogen-bond acceptors (Lipinski definition) is 4. The molecule has 2 aliphatic carbocycles. The van der Waals surface area contributed by atoms with Crippen LogP contribution in [0, 0.1) is 23.2 Å². The van der Waals surface area contributed by atoms with Crippen LogP contribution in [0.4, 0.5) is 16.2 Å². The monoisotopic (exact) mass is 336 g/mol. The van der Waals surface area contributed by atoms with Gasteiger partial charge in [-0.25, -0.2) is 9.69 Å². The summed E-state index contributed by atoms with van der Waals surface area (Å²) in [5.41, 5.74) is 2.33. The number of amides is 1. The number of fused-ring (bicyclic) bond motifs is 1. The van der Waals surface area contributed by atoms with Crippen molar-refractivity contribution in [3.8, 4) is 6.07 Å². The zero-order valence-corrected chi connectivity index (χ0v) is 13.9. The van der Waals surface area contributed by atoms with Gasteiger partial charge in [0.05, 0.1) is 11.4 Å². The first-order chi connectivity index (χ1) is 11.7. The van der Waals surface area contributed by atoms with E-state index < -0.39 is 5.60 Å². The molecule has 5 rings (SSSR count). The molecular formula is C19H16N2O2S. The van der Waals surface area contributed by atoms with Crippen molar-refractivity contribution in [1.82, 2.24) is 0 Å². The maximum atomic E-state index is 13.0. The quantitative estimate of drug-likeness (QED) is 0.799. The first kappa shape index (κ1) is 14.1. The first-order valence-electron chi connectivity index (χ1n) is 8.35. The third-order valence-corrected chi connectivity index (χ3v) is 6.15. The Balaban J connectivity index is 1.68. The summed E-state index contributed by atoms with van der Waals surface area (Å²) >= 11 is 1.35. The molecule has 0 spiro atoms. The van der Waals surface area contributed by atoms with E-state index >= 15 is 0 Å². The van der Waals surface area contributed by atoms with E-state index in [1.54, 1.807) is 11.0 Å². The van der Waals surface area contributed by atoms with Crippen molar-refractivity contribution < 1.29 is 9.53 Å². The van der Waals surface area contributed by atoms with Crippen molar-refractivity contribution in [3.05, 3.63) is 46.2 Å². The molecule has 0 atom stereocenters. The fourth-order valence-corrected chi connectivity index (χ4v) is 4.72. The predicted octanol–water partition coefficient (Wildman–Crippen LogP) is 4.92. The summed E-state index contributed by atoms with van der Waals surface area (Å²) in [6.07, 6.45) is 4.23. The molecule has 1 aliphatic heterocycles. The van der Waals surface area contributed by atoms with Crippen molar-refractivity contribution in [2.24, 2.45) is 11.8 Å². The van der Waals surface area contributed by atoms with Gasteiger partial charge in [0, 0.05) is 22.8 Å². The highest BCUT2D eigenvalue weighted by molar-refractivity contribution is 7.11. The minimum atomic E-state index is -0.432. The third kappa shape index (κ3) is 1.87. The number of nitriles is 1. The van der Waals surface area contributed by atoms with Crippen LogP contribution in [-0.4, -0.2) is 6.09 Å². The van der Waals surface area contributed by atoms with E-state index in [-0.39, 0.29) is 6.09 Å². The Hall–Kier alpha value is -2.32. The molecular weight excluding hydrogens is 320 g/mol. The standard InChI is InChI=1S/C19H16N2O2S/c20-10-15-9-14(11-24-15)21-17-4-2-1-3-16(17)19(12-5-6-12,13-7-8-13)23-18(21)22/h1-4,9,11-13H,5-8H2. The zero-order valence-electron chi connectivity index (χ0n) is 13.1. The molecule has 0 radical (unpaired) electrons. The van der Waals surface area contributed by atoms with Crippen LogP contribution >= 0.6 is 11.3 Å². The lowest BCUT2D eigenvalue weighted by molar-refractivity contribution is -0.0300.